The molecule has 3 heteroatoms. The lowest BCUT2D eigenvalue weighted by Gasteiger charge is -2.27. The minimum absolute atomic E-state index is 0.0455. The first kappa shape index (κ1) is 14.8. The van der Waals surface area contributed by atoms with Crippen molar-refractivity contribution in [2.75, 3.05) is 13.2 Å². The van der Waals surface area contributed by atoms with Crippen LogP contribution in [0.15, 0.2) is 53.1 Å². The van der Waals surface area contributed by atoms with Crippen molar-refractivity contribution in [1.82, 2.24) is 5.32 Å². The Labute approximate surface area is 120 Å². The van der Waals surface area contributed by atoms with E-state index < -0.39 is 0 Å². The molecule has 1 heterocycles. The first-order valence-corrected chi connectivity index (χ1v) is 7.05. The van der Waals surface area contributed by atoms with Crippen LogP contribution < -0.4 is 5.32 Å². The number of aliphatic hydroxyl groups excluding tert-OH is 1. The summed E-state index contributed by atoms with van der Waals surface area (Å²) < 4.78 is 5.56. The van der Waals surface area contributed by atoms with Gasteiger partial charge in [-0.2, -0.15) is 0 Å². The predicted octanol–water partition coefficient (Wildman–Crippen LogP) is 3.37. The lowest BCUT2D eigenvalue weighted by molar-refractivity contribution is 0.203. The maximum absolute atomic E-state index is 9.12. The Morgan fingerprint density at radius 3 is 2.50 bits per heavy atom. The van der Waals surface area contributed by atoms with Crippen LogP contribution in [-0.2, 0) is 0 Å². The molecule has 3 nitrogen and oxygen atoms in total. The minimum Gasteiger partial charge on any atom is -0.467 e. The Balaban J connectivity index is 2.13. The molecule has 0 bridgehead atoms. The molecule has 0 aliphatic heterocycles. The van der Waals surface area contributed by atoms with Gasteiger partial charge in [-0.3, -0.25) is 0 Å². The highest BCUT2D eigenvalue weighted by Crippen LogP contribution is 2.25. The molecule has 0 radical (unpaired) electrons. The molecule has 0 aliphatic carbocycles. The molecule has 1 aromatic heterocycles. The number of benzene rings is 1. The van der Waals surface area contributed by atoms with Crippen molar-refractivity contribution >= 4 is 0 Å². The fourth-order valence-electron chi connectivity index (χ4n) is 2.25. The average molecular weight is 273 g/mol. The zero-order valence-corrected chi connectivity index (χ0v) is 12.2. The average Bonchev–Trinajstić information content (AvgIpc) is 2.94. The van der Waals surface area contributed by atoms with Crippen LogP contribution >= 0.6 is 0 Å². The molecule has 0 saturated heterocycles. The van der Waals surface area contributed by atoms with Gasteiger partial charge >= 0.3 is 0 Å². The van der Waals surface area contributed by atoms with Crippen LogP contribution in [0.2, 0.25) is 0 Å². The molecule has 0 fully saturated rings. The van der Waals surface area contributed by atoms with Crippen LogP contribution in [0.25, 0.3) is 0 Å². The molecule has 0 aliphatic rings. The SMILES string of the molecule is CC(C)(CCO)CNC(c1ccccc1)c1ccco1. The van der Waals surface area contributed by atoms with E-state index in [0.29, 0.717) is 0 Å². The highest BCUT2D eigenvalue weighted by Gasteiger charge is 2.22. The normalized spacial score (nSPS) is 13.3. The monoisotopic (exact) mass is 273 g/mol. The topological polar surface area (TPSA) is 45.4 Å². The molecule has 1 unspecified atom stereocenters. The third-order valence-electron chi connectivity index (χ3n) is 3.53. The lowest BCUT2D eigenvalue weighted by Crippen LogP contribution is -2.33. The zero-order chi connectivity index (χ0) is 14.4. The maximum atomic E-state index is 9.12. The van der Waals surface area contributed by atoms with Crippen LogP contribution in [0.5, 0.6) is 0 Å². The molecule has 20 heavy (non-hydrogen) atoms. The van der Waals surface area contributed by atoms with Gasteiger partial charge < -0.3 is 14.8 Å². The summed E-state index contributed by atoms with van der Waals surface area (Å²) in [6.45, 7) is 5.33. The smallest absolute Gasteiger partial charge is 0.125 e. The molecule has 1 atom stereocenters. The van der Waals surface area contributed by atoms with Crippen molar-refractivity contribution in [2.24, 2.45) is 5.41 Å². The molecular weight excluding hydrogens is 250 g/mol. The van der Waals surface area contributed by atoms with Crippen molar-refractivity contribution in [1.29, 1.82) is 0 Å². The quantitative estimate of drug-likeness (QED) is 0.813. The zero-order valence-electron chi connectivity index (χ0n) is 12.2. The highest BCUT2D eigenvalue weighted by molar-refractivity contribution is 5.26. The number of hydrogen-bond donors (Lipinski definition) is 2. The first-order chi connectivity index (χ1) is 9.62. The molecule has 0 saturated carbocycles. The van der Waals surface area contributed by atoms with Crippen molar-refractivity contribution in [2.45, 2.75) is 26.3 Å². The van der Waals surface area contributed by atoms with E-state index in [2.05, 4.69) is 31.3 Å². The van der Waals surface area contributed by atoms with Crippen LogP contribution in [0, 0.1) is 5.41 Å². The van der Waals surface area contributed by atoms with Gasteiger partial charge in [0.1, 0.15) is 5.76 Å². The van der Waals surface area contributed by atoms with Crippen molar-refractivity contribution in [3.63, 3.8) is 0 Å². The van der Waals surface area contributed by atoms with Gasteiger partial charge in [0.2, 0.25) is 0 Å². The third-order valence-corrected chi connectivity index (χ3v) is 3.53. The molecule has 108 valence electrons. The Bertz CT molecular complexity index is 491. The Kier molecular flexibility index (Phi) is 4.99. The van der Waals surface area contributed by atoms with E-state index in [1.807, 2.05) is 30.3 Å². The van der Waals surface area contributed by atoms with Gasteiger partial charge in [0.15, 0.2) is 0 Å². The fraction of sp³-hybridized carbons (Fsp3) is 0.412. The second-order valence-electron chi connectivity index (χ2n) is 5.88. The summed E-state index contributed by atoms with van der Waals surface area (Å²) in [5.41, 5.74) is 1.23. The van der Waals surface area contributed by atoms with Gasteiger partial charge in [-0.05, 0) is 29.5 Å². The van der Waals surface area contributed by atoms with E-state index in [-0.39, 0.29) is 18.1 Å². The van der Waals surface area contributed by atoms with E-state index in [9.17, 15) is 0 Å². The summed E-state index contributed by atoms with van der Waals surface area (Å²) in [4.78, 5) is 0. The van der Waals surface area contributed by atoms with E-state index in [0.717, 1.165) is 18.7 Å². The summed E-state index contributed by atoms with van der Waals surface area (Å²) >= 11 is 0. The predicted molar refractivity (Wildman–Crippen MR) is 80.5 cm³/mol. The van der Waals surface area contributed by atoms with Gasteiger partial charge in [-0.1, -0.05) is 44.2 Å². The number of furan rings is 1. The summed E-state index contributed by atoms with van der Waals surface area (Å²) in [5.74, 6) is 0.913. The molecule has 2 N–H and O–H groups in total. The molecule has 0 spiro atoms. The minimum atomic E-state index is 0.0455. The van der Waals surface area contributed by atoms with Gasteiger partial charge in [0, 0.05) is 13.2 Å². The van der Waals surface area contributed by atoms with E-state index in [4.69, 9.17) is 9.52 Å². The number of aliphatic hydroxyl groups is 1. The van der Waals surface area contributed by atoms with Gasteiger partial charge in [-0.25, -0.2) is 0 Å². The second-order valence-corrected chi connectivity index (χ2v) is 5.88. The van der Waals surface area contributed by atoms with Crippen LogP contribution in [0.1, 0.15) is 37.6 Å². The summed E-state index contributed by atoms with van der Waals surface area (Å²) in [7, 11) is 0. The summed E-state index contributed by atoms with van der Waals surface area (Å²) in [5, 5.41) is 12.7. The number of hydrogen-bond acceptors (Lipinski definition) is 3. The largest absolute Gasteiger partial charge is 0.467 e. The highest BCUT2D eigenvalue weighted by atomic mass is 16.3. The van der Waals surface area contributed by atoms with Crippen molar-refractivity contribution < 1.29 is 9.52 Å². The Morgan fingerprint density at radius 1 is 1.15 bits per heavy atom. The molecular formula is C17H23NO2. The standard InChI is InChI=1S/C17H23NO2/c1-17(2,10-11-19)13-18-16(15-9-6-12-20-15)14-7-4-3-5-8-14/h3-9,12,16,18-19H,10-11,13H2,1-2H3. The van der Waals surface area contributed by atoms with E-state index in [1.165, 1.54) is 5.56 Å². The fourth-order valence-corrected chi connectivity index (χ4v) is 2.25. The first-order valence-electron chi connectivity index (χ1n) is 7.05. The van der Waals surface area contributed by atoms with Crippen molar-refractivity contribution in [3.05, 3.63) is 60.1 Å². The van der Waals surface area contributed by atoms with Crippen LogP contribution in [0.3, 0.4) is 0 Å². The molecule has 0 amide bonds. The van der Waals surface area contributed by atoms with E-state index >= 15 is 0 Å². The molecule has 2 aromatic rings. The molecule has 1 aromatic carbocycles. The van der Waals surface area contributed by atoms with Gasteiger partial charge in [-0.15, -0.1) is 0 Å². The molecule has 2 rings (SSSR count). The van der Waals surface area contributed by atoms with Gasteiger partial charge in [0.05, 0.1) is 12.3 Å². The number of rotatable bonds is 7. The third kappa shape index (κ3) is 3.95. The van der Waals surface area contributed by atoms with Gasteiger partial charge in [0.25, 0.3) is 0 Å². The Morgan fingerprint density at radius 2 is 1.90 bits per heavy atom. The maximum Gasteiger partial charge on any atom is 0.125 e. The van der Waals surface area contributed by atoms with Crippen LogP contribution in [-0.4, -0.2) is 18.3 Å². The van der Waals surface area contributed by atoms with Crippen molar-refractivity contribution in [3.8, 4) is 0 Å². The summed E-state index contributed by atoms with van der Waals surface area (Å²) in [6.07, 6.45) is 2.48. The lowest BCUT2D eigenvalue weighted by atomic mass is 9.89. The Hall–Kier alpha value is -1.58. The van der Waals surface area contributed by atoms with E-state index in [1.54, 1.807) is 6.26 Å². The number of nitrogens with one attached hydrogen (secondary N) is 1. The second kappa shape index (κ2) is 6.73. The van der Waals surface area contributed by atoms with Crippen LogP contribution in [0.4, 0.5) is 0 Å². The summed E-state index contributed by atoms with van der Waals surface area (Å²) in [6, 6.07) is 14.2.